The summed E-state index contributed by atoms with van der Waals surface area (Å²) in [4.78, 5) is 24.1. The van der Waals surface area contributed by atoms with Crippen LogP contribution in [0.2, 0.25) is 10.0 Å². The second-order valence-electron chi connectivity index (χ2n) is 8.86. The molecule has 2 aliphatic rings. The van der Waals surface area contributed by atoms with Gasteiger partial charge in [-0.1, -0.05) is 36.0 Å². The van der Waals surface area contributed by atoms with Gasteiger partial charge in [0.05, 0.1) is 27.6 Å². The molecule has 1 amide bonds. The highest BCUT2D eigenvalue weighted by Crippen LogP contribution is 2.33. The number of benzene rings is 1. The Morgan fingerprint density at radius 1 is 1.03 bits per heavy atom. The van der Waals surface area contributed by atoms with E-state index in [1.54, 1.807) is 12.4 Å². The Bertz CT molecular complexity index is 1100. The topological polar surface area (TPSA) is 63.1 Å². The number of carbonyl (C=O) groups is 1. The van der Waals surface area contributed by atoms with Crippen LogP contribution in [-0.2, 0) is 11.3 Å². The molecular weight excluding hydrogens is 445 g/mol. The van der Waals surface area contributed by atoms with Crippen molar-refractivity contribution < 1.29 is 4.79 Å². The molecule has 2 fully saturated rings. The zero-order chi connectivity index (χ0) is 22.1. The number of fused-ring (bicyclic) bond motifs is 1. The molecule has 0 bridgehead atoms. The van der Waals surface area contributed by atoms with E-state index in [-0.39, 0.29) is 11.8 Å². The van der Waals surface area contributed by atoms with E-state index in [0.717, 1.165) is 61.3 Å². The largest absolute Gasteiger partial charge is 0.353 e. The van der Waals surface area contributed by atoms with E-state index >= 15 is 0 Å². The summed E-state index contributed by atoms with van der Waals surface area (Å²) in [6, 6.07) is 8.10. The first-order valence-electron chi connectivity index (χ1n) is 11.4. The van der Waals surface area contributed by atoms with Crippen molar-refractivity contribution in [1.82, 2.24) is 19.9 Å². The third-order valence-electron chi connectivity index (χ3n) is 6.71. The van der Waals surface area contributed by atoms with Gasteiger partial charge in [0.15, 0.2) is 0 Å². The second-order valence-corrected chi connectivity index (χ2v) is 9.67. The molecule has 1 saturated carbocycles. The normalized spacial score (nSPS) is 17.9. The molecule has 0 unspecified atom stereocenters. The molecule has 0 atom stereocenters. The second kappa shape index (κ2) is 9.28. The van der Waals surface area contributed by atoms with Gasteiger partial charge in [-0.15, -0.1) is 0 Å². The van der Waals surface area contributed by atoms with Crippen LogP contribution >= 0.6 is 23.2 Å². The van der Waals surface area contributed by atoms with Crippen molar-refractivity contribution in [2.24, 2.45) is 5.92 Å². The van der Waals surface area contributed by atoms with Crippen LogP contribution in [0.1, 0.15) is 44.1 Å². The summed E-state index contributed by atoms with van der Waals surface area (Å²) in [5.74, 6) is 1.19. The number of hydrogen-bond acceptors (Lipinski definition) is 4. The quantitative estimate of drug-likeness (QED) is 0.564. The lowest BCUT2D eigenvalue weighted by Gasteiger charge is -2.33. The molecular formula is C24H27Cl2N5O. The Labute approximate surface area is 197 Å². The maximum Gasteiger partial charge on any atom is 0.223 e. The van der Waals surface area contributed by atoms with E-state index in [2.05, 4.69) is 19.8 Å². The highest BCUT2D eigenvalue weighted by atomic mass is 35.5. The number of nitrogens with one attached hydrogen (secondary N) is 1. The van der Waals surface area contributed by atoms with Gasteiger partial charge < -0.3 is 14.8 Å². The maximum absolute atomic E-state index is 12.7. The summed E-state index contributed by atoms with van der Waals surface area (Å²) in [5.41, 5.74) is 2.91. The standard InChI is InChI=1S/C24H27Cl2N5O/c25-19-13-21-22(14-20(19)26)31(15-16-5-9-27-10-6-16)24(29-21)30-11-7-17(8-12-30)23(32)28-18-3-1-2-4-18/h5-6,9-10,13-14,17-18H,1-4,7-8,11-12,15H2,(H,28,32). The van der Waals surface area contributed by atoms with Crippen molar-refractivity contribution in [3.05, 3.63) is 52.3 Å². The average molecular weight is 472 g/mol. The predicted molar refractivity (Wildman–Crippen MR) is 128 cm³/mol. The average Bonchev–Trinajstić information content (AvgIpc) is 3.43. The molecule has 168 valence electrons. The predicted octanol–water partition coefficient (Wildman–Crippen LogP) is 5.06. The number of pyridine rings is 1. The lowest BCUT2D eigenvalue weighted by Crippen LogP contribution is -2.43. The molecule has 1 aliphatic carbocycles. The number of aromatic nitrogens is 3. The monoisotopic (exact) mass is 471 g/mol. The summed E-state index contributed by atoms with van der Waals surface area (Å²) in [5, 5.41) is 4.29. The molecule has 0 radical (unpaired) electrons. The van der Waals surface area contributed by atoms with Crippen LogP contribution in [0.4, 0.5) is 5.95 Å². The van der Waals surface area contributed by atoms with Crippen LogP contribution in [0.15, 0.2) is 36.7 Å². The van der Waals surface area contributed by atoms with Crippen LogP contribution in [0.25, 0.3) is 11.0 Å². The minimum absolute atomic E-state index is 0.0776. The molecule has 6 nitrogen and oxygen atoms in total. The van der Waals surface area contributed by atoms with E-state index in [9.17, 15) is 4.79 Å². The first-order valence-corrected chi connectivity index (χ1v) is 12.1. The van der Waals surface area contributed by atoms with Gasteiger partial charge in [-0.25, -0.2) is 4.98 Å². The summed E-state index contributed by atoms with van der Waals surface area (Å²) in [6.07, 6.45) is 9.95. The zero-order valence-electron chi connectivity index (χ0n) is 17.9. The van der Waals surface area contributed by atoms with Crippen LogP contribution in [-0.4, -0.2) is 39.6 Å². The molecule has 3 aromatic rings. The van der Waals surface area contributed by atoms with Crippen molar-refractivity contribution in [1.29, 1.82) is 0 Å². The number of anilines is 1. The van der Waals surface area contributed by atoms with Gasteiger partial charge in [0, 0.05) is 37.4 Å². The van der Waals surface area contributed by atoms with Crippen molar-refractivity contribution in [2.75, 3.05) is 18.0 Å². The third kappa shape index (κ3) is 4.44. The van der Waals surface area contributed by atoms with Crippen LogP contribution in [0, 0.1) is 5.92 Å². The molecule has 1 aliphatic heterocycles. The Morgan fingerprint density at radius 2 is 1.72 bits per heavy atom. The van der Waals surface area contributed by atoms with Gasteiger partial charge in [-0.2, -0.15) is 0 Å². The fourth-order valence-corrected chi connectivity index (χ4v) is 5.22. The Kier molecular flexibility index (Phi) is 6.24. The highest BCUT2D eigenvalue weighted by molar-refractivity contribution is 6.42. The fourth-order valence-electron chi connectivity index (χ4n) is 4.91. The Balaban J connectivity index is 1.37. The minimum Gasteiger partial charge on any atom is -0.353 e. The molecule has 32 heavy (non-hydrogen) atoms. The van der Waals surface area contributed by atoms with Crippen molar-refractivity contribution in [3.63, 3.8) is 0 Å². The smallest absolute Gasteiger partial charge is 0.223 e. The number of amides is 1. The summed E-state index contributed by atoms with van der Waals surface area (Å²) in [7, 11) is 0. The molecule has 2 aromatic heterocycles. The number of hydrogen-bond donors (Lipinski definition) is 1. The number of imidazole rings is 1. The molecule has 1 aromatic carbocycles. The van der Waals surface area contributed by atoms with Gasteiger partial charge >= 0.3 is 0 Å². The van der Waals surface area contributed by atoms with Crippen molar-refractivity contribution >= 4 is 46.1 Å². The Morgan fingerprint density at radius 3 is 2.44 bits per heavy atom. The molecule has 1 N–H and O–H groups in total. The highest BCUT2D eigenvalue weighted by Gasteiger charge is 2.29. The third-order valence-corrected chi connectivity index (χ3v) is 7.43. The number of rotatable bonds is 5. The zero-order valence-corrected chi connectivity index (χ0v) is 19.4. The van der Waals surface area contributed by atoms with E-state index in [4.69, 9.17) is 28.2 Å². The minimum atomic E-state index is 0.0776. The number of halogens is 2. The maximum atomic E-state index is 12.7. The van der Waals surface area contributed by atoms with Crippen LogP contribution in [0.3, 0.4) is 0 Å². The fraction of sp³-hybridized carbons (Fsp3) is 0.458. The van der Waals surface area contributed by atoms with Gasteiger partial charge in [0.1, 0.15) is 0 Å². The van der Waals surface area contributed by atoms with E-state index in [0.29, 0.717) is 22.6 Å². The lowest BCUT2D eigenvalue weighted by molar-refractivity contribution is -0.126. The SMILES string of the molecule is O=C(NC1CCCC1)C1CCN(c2nc3cc(Cl)c(Cl)cc3n2Cc2ccncc2)CC1. The molecule has 8 heteroatoms. The lowest BCUT2D eigenvalue weighted by atomic mass is 9.95. The first kappa shape index (κ1) is 21.5. The van der Waals surface area contributed by atoms with Gasteiger partial charge in [-0.05, 0) is 55.5 Å². The Hall–Kier alpha value is -2.31. The molecule has 1 saturated heterocycles. The van der Waals surface area contributed by atoms with Crippen molar-refractivity contribution in [2.45, 2.75) is 51.1 Å². The van der Waals surface area contributed by atoms with Gasteiger partial charge in [0.2, 0.25) is 11.9 Å². The van der Waals surface area contributed by atoms with E-state index in [1.165, 1.54) is 12.8 Å². The molecule has 5 rings (SSSR count). The van der Waals surface area contributed by atoms with Gasteiger partial charge in [-0.3, -0.25) is 9.78 Å². The molecule has 3 heterocycles. The van der Waals surface area contributed by atoms with Crippen LogP contribution < -0.4 is 10.2 Å². The number of carbonyl (C=O) groups excluding carboxylic acids is 1. The van der Waals surface area contributed by atoms with Crippen LogP contribution in [0.5, 0.6) is 0 Å². The van der Waals surface area contributed by atoms with E-state index in [1.807, 2.05) is 24.3 Å². The molecule has 0 spiro atoms. The first-order chi connectivity index (χ1) is 15.6. The summed E-state index contributed by atoms with van der Waals surface area (Å²) < 4.78 is 2.19. The number of nitrogens with zero attached hydrogens (tertiary/aromatic N) is 4. The van der Waals surface area contributed by atoms with Gasteiger partial charge in [0.25, 0.3) is 0 Å². The number of piperidine rings is 1. The van der Waals surface area contributed by atoms with Crippen molar-refractivity contribution in [3.8, 4) is 0 Å². The summed E-state index contributed by atoms with van der Waals surface area (Å²) >= 11 is 12.6. The summed E-state index contributed by atoms with van der Waals surface area (Å²) in [6.45, 7) is 2.25. The van der Waals surface area contributed by atoms with E-state index < -0.39 is 0 Å².